The van der Waals surface area contributed by atoms with Crippen molar-refractivity contribution in [3.63, 3.8) is 0 Å². The third-order valence-corrected chi connectivity index (χ3v) is 2.59. The number of amides is 1. The molecule has 2 aromatic rings. The van der Waals surface area contributed by atoms with Crippen LogP contribution in [0.15, 0.2) is 36.5 Å². The van der Waals surface area contributed by atoms with Crippen LogP contribution < -0.4 is 16.6 Å². The highest BCUT2D eigenvalue weighted by atomic mass is 19.1. The Labute approximate surface area is 109 Å². The molecule has 0 bridgehead atoms. The number of benzene rings is 1. The maximum Gasteiger partial charge on any atom is 0.274 e. The molecule has 19 heavy (non-hydrogen) atoms. The Hall–Kier alpha value is -2.47. The van der Waals surface area contributed by atoms with Gasteiger partial charge in [-0.15, -0.1) is 0 Å². The highest BCUT2D eigenvalue weighted by Crippen LogP contribution is 2.15. The molecule has 1 heterocycles. The van der Waals surface area contributed by atoms with E-state index in [9.17, 15) is 9.18 Å². The minimum Gasteiger partial charge on any atom is -0.324 e. The van der Waals surface area contributed by atoms with Gasteiger partial charge in [-0.1, -0.05) is 6.07 Å². The lowest BCUT2D eigenvalue weighted by Gasteiger charge is -2.07. The first-order valence-electron chi connectivity index (χ1n) is 5.60. The standard InChI is InChI=1S/C13H13FN4O/c1-8-2-3-9(6-11(8)14)17-13(19)12-7-10(18-15)4-5-16-12/h2-7H,15H2,1H3,(H,16,18)(H,17,19). The molecule has 0 aliphatic carbocycles. The lowest BCUT2D eigenvalue weighted by atomic mass is 10.2. The van der Waals surface area contributed by atoms with Gasteiger partial charge in [0.25, 0.3) is 5.91 Å². The van der Waals surface area contributed by atoms with Gasteiger partial charge in [-0.3, -0.25) is 15.6 Å². The summed E-state index contributed by atoms with van der Waals surface area (Å²) in [6.45, 7) is 1.65. The van der Waals surface area contributed by atoms with Crippen molar-refractivity contribution < 1.29 is 9.18 Å². The van der Waals surface area contributed by atoms with Gasteiger partial charge in [0.05, 0.1) is 5.69 Å². The number of nitrogens with two attached hydrogens (primary N) is 1. The number of pyridine rings is 1. The summed E-state index contributed by atoms with van der Waals surface area (Å²) in [5.41, 5.74) is 4.07. The summed E-state index contributed by atoms with van der Waals surface area (Å²) in [5, 5.41) is 2.57. The first kappa shape index (κ1) is 13.0. The van der Waals surface area contributed by atoms with Gasteiger partial charge < -0.3 is 10.7 Å². The van der Waals surface area contributed by atoms with Crippen molar-refractivity contribution in [1.29, 1.82) is 0 Å². The Morgan fingerprint density at radius 2 is 2.05 bits per heavy atom. The molecule has 0 atom stereocenters. The Balaban J connectivity index is 2.18. The summed E-state index contributed by atoms with van der Waals surface area (Å²) in [7, 11) is 0. The molecule has 4 N–H and O–H groups in total. The van der Waals surface area contributed by atoms with Crippen molar-refractivity contribution in [2.45, 2.75) is 6.92 Å². The second-order valence-corrected chi connectivity index (χ2v) is 3.99. The van der Waals surface area contributed by atoms with E-state index >= 15 is 0 Å². The zero-order chi connectivity index (χ0) is 13.8. The molecule has 0 aliphatic heterocycles. The van der Waals surface area contributed by atoms with Crippen LogP contribution in [0.1, 0.15) is 16.1 Å². The molecule has 1 aromatic heterocycles. The third-order valence-electron chi connectivity index (χ3n) is 2.59. The van der Waals surface area contributed by atoms with Gasteiger partial charge in [0.1, 0.15) is 11.5 Å². The quantitative estimate of drug-likeness (QED) is 0.583. The van der Waals surface area contributed by atoms with E-state index in [2.05, 4.69) is 15.7 Å². The predicted molar refractivity (Wildman–Crippen MR) is 71.1 cm³/mol. The molecule has 0 unspecified atom stereocenters. The fourth-order valence-corrected chi connectivity index (χ4v) is 1.51. The first-order chi connectivity index (χ1) is 9.10. The number of nitrogens with one attached hydrogen (secondary N) is 2. The molecule has 0 saturated heterocycles. The predicted octanol–water partition coefficient (Wildman–Crippen LogP) is 2.07. The van der Waals surface area contributed by atoms with Crippen LogP contribution in [0.3, 0.4) is 0 Å². The van der Waals surface area contributed by atoms with Gasteiger partial charge in [0.15, 0.2) is 0 Å². The van der Waals surface area contributed by atoms with E-state index in [1.165, 1.54) is 18.3 Å². The first-order valence-corrected chi connectivity index (χ1v) is 5.60. The minimum atomic E-state index is -0.430. The molecule has 0 radical (unpaired) electrons. The zero-order valence-corrected chi connectivity index (χ0v) is 10.3. The van der Waals surface area contributed by atoms with E-state index in [1.807, 2.05) is 0 Å². The number of hydrogen-bond acceptors (Lipinski definition) is 4. The number of carbonyl (C=O) groups is 1. The third kappa shape index (κ3) is 3.05. The summed E-state index contributed by atoms with van der Waals surface area (Å²) >= 11 is 0. The van der Waals surface area contributed by atoms with Crippen molar-refractivity contribution >= 4 is 17.3 Å². The van der Waals surface area contributed by atoms with Crippen molar-refractivity contribution in [2.24, 2.45) is 5.84 Å². The number of aryl methyl sites for hydroxylation is 1. The Morgan fingerprint density at radius 3 is 2.74 bits per heavy atom. The molecule has 0 spiro atoms. The maximum absolute atomic E-state index is 13.4. The van der Waals surface area contributed by atoms with Gasteiger partial charge in [0.2, 0.25) is 0 Å². The summed E-state index contributed by atoms with van der Waals surface area (Å²) < 4.78 is 13.4. The number of nitrogens with zero attached hydrogens (tertiary/aromatic N) is 1. The Bertz CT molecular complexity index is 615. The molecule has 6 heteroatoms. The largest absolute Gasteiger partial charge is 0.324 e. The number of hydrazine groups is 1. The van der Waals surface area contributed by atoms with Crippen LogP contribution in [0.25, 0.3) is 0 Å². The van der Waals surface area contributed by atoms with Crippen LogP contribution >= 0.6 is 0 Å². The maximum atomic E-state index is 13.4. The van der Waals surface area contributed by atoms with Gasteiger partial charge in [0, 0.05) is 11.9 Å². The van der Waals surface area contributed by atoms with Crippen molar-refractivity contribution in [3.05, 3.63) is 53.6 Å². The fraction of sp³-hybridized carbons (Fsp3) is 0.0769. The van der Waals surface area contributed by atoms with Crippen molar-refractivity contribution in [3.8, 4) is 0 Å². The average Bonchev–Trinajstić information content (AvgIpc) is 2.43. The van der Waals surface area contributed by atoms with E-state index in [1.54, 1.807) is 25.1 Å². The highest BCUT2D eigenvalue weighted by molar-refractivity contribution is 6.03. The van der Waals surface area contributed by atoms with Gasteiger partial charge in [-0.2, -0.15) is 0 Å². The second kappa shape index (κ2) is 5.45. The molecule has 5 nitrogen and oxygen atoms in total. The number of carbonyl (C=O) groups excluding carboxylic acids is 1. The second-order valence-electron chi connectivity index (χ2n) is 3.99. The number of halogens is 1. The number of anilines is 2. The van der Waals surface area contributed by atoms with Gasteiger partial charge >= 0.3 is 0 Å². The summed E-state index contributed by atoms with van der Waals surface area (Å²) in [6, 6.07) is 7.61. The zero-order valence-electron chi connectivity index (χ0n) is 10.3. The summed E-state index contributed by atoms with van der Waals surface area (Å²) in [6.07, 6.45) is 1.46. The monoisotopic (exact) mass is 260 g/mol. The van der Waals surface area contributed by atoms with Crippen LogP contribution in [-0.2, 0) is 0 Å². The number of aromatic nitrogens is 1. The van der Waals surface area contributed by atoms with E-state index < -0.39 is 5.91 Å². The van der Waals surface area contributed by atoms with E-state index in [4.69, 9.17) is 5.84 Å². The number of hydrogen-bond donors (Lipinski definition) is 3. The fourth-order valence-electron chi connectivity index (χ4n) is 1.51. The Morgan fingerprint density at radius 1 is 1.26 bits per heavy atom. The normalized spacial score (nSPS) is 10.1. The number of rotatable bonds is 3. The van der Waals surface area contributed by atoms with E-state index in [0.717, 1.165) is 0 Å². The van der Waals surface area contributed by atoms with Gasteiger partial charge in [-0.05, 0) is 36.8 Å². The summed E-state index contributed by atoms with van der Waals surface area (Å²) in [4.78, 5) is 15.8. The highest BCUT2D eigenvalue weighted by Gasteiger charge is 2.09. The molecule has 0 fully saturated rings. The van der Waals surface area contributed by atoms with Crippen LogP contribution in [-0.4, -0.2) is 10.9 Å². The SMILES string of the molecule is Cc1ccc(NC(=O)c2cc(NN)ccn2)cc1F. The van der Waals surface area contributed by atoms with Crippen LogP contribution in [0.2, 0.25) is 0 Å². The van der Waals surface area contributed by atoms with Crippen LogP contribution in [0.4, 0.5) is 15.8 Å². The lowest BCUT2D eigenvalue weighted by Crippen LogP contribution is -2.15. The molecule has 0 saturated carbocycles. The molecule has 98 valence electrons. The minimum absolute atomic E-state index is 0.191. The van der Waals surface area contributed by atoms with Crippen LogP contribution in [0.5, 0.6) is 0 Å². The van der Waals surface area contributed by atoms with E-state index in [-0.39, 0.29) is 11.5 Å². The van der Waals surface area contributed by atoms with Crippen LogP contribution in [0, 0.1) is 12.7 Å². The molecule has 1 aromatic carbocycles. The molecule has 1 amide bonds. The topological polar surface area (TPSA) is 80.0 Å². The molecule has 2 rings (SSSR count). The molecular weight excluding hydrogens is 247 g/mol. The molecule has 0 aliphatic rings. The smallest absolute Gasteiger partial charge is 0.274 e. The Kier molecular flexibility index (Phi) is 3.72. The van der Waals surface area contributed by atoms with Crippen molar-refractivity contribution in [2.75, 3.05) is 10.7 Å². The molecular formula is C13H13FN4O. The lowest BCUT2D eigenvalue weighted by molar-refractivity contribution is 0.102. The average molecular weight is 260 g/mol. The van der Waals surface area contributed by atoms with E-state index in [0.29, 0.717) is 16.9 Å². The van der Waals surface area contributed by atoms with Gasteiger partial charge in [-0.25, -0.2) is 4.39 Å². The van der Waals surface area contributed by atoms with Crippen molar-refractivity contribution in [1.82, 2.24) is 4.98 Å². The number of nitrogen functional groups attached to an aromatic ring is 1. The summed E-state index contributed by atoms with van der Waals surface area (Å²) in [5.74, 6) is 4.45.